The summed E-state index contributed by atoms with van der Waals surface area (Å²) in [6.07, 6.45) is 21.3. The number of benzene rings is 4. The third-order valence-electron chi connectivity index (χ3n) is 13.2. The predicted octanol–water partition coefficient (Wildman–Crippen LogP) is 14.1. The predicted molar refractivity (Wildman–Crippen MR) is 306 cm³/mol. The van der Waals surface area contributed by atoms with E-state index in [0.717, 1.165) is 80.7 Å². The van der Waals surface area contributed by atoms with Gasteiger partial charge >= 0.3 is 0 Å². The Balaban J connectivity index is 1.26. The number of anilines is 2. The van der Waals surface area contributed by atoms with Gasteiger partial charge in [-0.05, 0) is 67.4 Å². The zero-order chi connectivity index (χ0) is 55.0. The first kappa shape index (κ1) is 60.8. The third-order valence-corrected chi connectivity index (χ3v) is 18.0. The van der Waals surface area contributed by atoms with Gasteiger partial charge in [0, 0.05) is 13.1 Å². The number of carbonyl (C=O) groups excluding carboxylic acids is 3. The smallest absolute Gasteiger partial charge is 0.280 e. The Morgan fingerprint density at radius 2 is 1.04 bits per heavy atom. The van der Waals surface area contributed by atoms with Crippen LogP contribution in [0.3, 0.4) is 0 Å². The number of sulfonamides is 2. The maximum atomic E-state index is 15.1. The second-order valence-corrected chi connectivity index (χ2v) is 24.4. The molecule has 0 aliphatic carbocycles. The highest BCUT2D eigenvalue weighted by atomic mass is 35.5. The molecule has 0 saturated carbocycles. The van der Waals surface area contributed by atoms with Gasteiger partial charge in [0.1, 0.15) is 0 Å². The van der Waals surface area contributed by atoms with E-state index in [0.29, 0.717) is 17.7 Å². The molecule has 1 aromatic heterocycles. The van der Waals surface area contributed by atoms with Crippen LogP contribution in [0, 0.1) is 0 Å². The van der Waals surface area contributed by atoms with Crippen LogP contribution in [0.25, 0.3) is 10.9 Å². The number of imide groups is 1. The van der Waals surface area contributed by atoms with Crippen LogP contribution in [0.1, 0.15) is 175 Å². The van der Waals surface area contributed by atoms with Gasteiger partial charge in [0.25, 0.3) is 33.3 Å². The third kappa shape index (κ3) is 15.6. The lowest BCUT2D eigenvalue weighted by atomic mass is 10.1. The molecule has 6 rings (SSSR count). The largest absolute Gasteiger partial charge is 0.322 e. The fraction of sp³-hybridized carbons (Fsp3) is 0.463. The van der Waals surface area contributed by atoms with Crippen molar-refractivity contribution in [1.29, 1.82) is 0 Å². The molecule has 1 unspecified atom stereocenters. The van der Waals surface area contributed by atoms with E-state index in [4.69, 9.17) is 58.0 Å². The van der Waals surface area contributed by atoms with Crippen LogP contribution in [0.5, 0.6) is 0 Å². The van der Waals surface area contributed by atoms with Gasteiger partial charge in [-0.15, -0.1) is 0 Å². The summed E-state index contributed by atoms with van der Waals surface area (Å²) in [5.74, 6) is -3.36. The molecule has 5 aromatic rings. The highest BCUT2D eigenvalue weighted by Gasteiger charge is 2.46. The van der Waals surface area contributed by atoms with E-state index in [9.17, 15) is 31.2 Å². The van der Waals surface area contributed by atoms with Crippen LogP contribution in [0.4, 0.5) is 11.4 Å². The SMILES string of the molecule is CCCCCCCCCCCCNn1c(C(C(=O)Nc2cc(S(=O)(=O)Nc3cc(S(=O)(=O)NCCCCCCCCCCCC)ccc3Cl)ccc2Cl)N2C(=O)c3ccccc3C2=O)nc2c(Cl)c(Cl)c(Cl)cc2c1=O. The number of nitrogens with zero attached hydrogens (tertiary/aromatic N) is 3. The van der Waals surface area contributed by atoms with Crippen LogP contribution in [0.2, 0.25) is 25.1 Å². The normalized spacial score (nSPS) is 13.1. The average molecular weight is 1180 g/mol. The number of unbranched alkanes of at least 4 members (excludes halogenated alkanes) is 18. The van der Waals surface area contributed by atoms with Crippen molar-refractivity contribution in [2.45, 2.75) is 158 Å². The van der Waals surface area contributed by atoms with E-state index in [1.165, 1.54) is 94.2 Å². The summed E-state index contributed by atoms with van der Waals surface area (Å²) in [6, 6.07) is 12.1. The molecule has 1 aliphatic heterocycles. The Kier molecular flexibility index (Phi) is 23.2. The number of nitrogens with one attached hydrogen (secondary N) is 4. The Labute approximate surface area is 471 Å². The minimum atomic E-state index is -4.61. The van der Waals surface area contributed by atoms with Crippen molar-refractivity contribution in [2.24, 2.45) is 0 Å². The lowest BCUT2D eigenvalue weighted by Gasteiger charge is -2.28. The summed E-state index contributed by atoms with van der Waals surface area (Å²) >= 11 is 32.6. The average Bonchev–Trinajstić information content (AvgIpc) is 3.64. The van der Waals surface area contributed by atoms with E-state index in [2.05, 4.69) is 39.0 Å². The summed E-state index contributed by atoms with van der Waals surface area (Å²) in [7, 11) is -8.68. The molecule has 76 heavy (non-hydrogen) atoms. The zero-order valence-corrected chi connectivity index (χ0v) is 48.2. The number of halogens is 5. The van der Waals surface area contributed by atoms with Crippen LogP contribution < -0.4 is 25.7 Å². The summed E-state index contributed by atoms with van der Waals surface area (Å²) < 4.78 is 60.8. The van der Waals surface area contributed by atoms with Crippen molar-refractivity contribution in [3.63, 3.8) is 0 Å². The minimum absolute atomic E-state index is 0.0243. The molecule has 412 valence electrons. The number of carbonyl (C=O) groups is 3. The zero-order valence-electron chi connectivity index (χ0n) is 42.8. The number of hydrogen-bond acceptors (Lipinski definition) is 10. The quantitative estimate of drug-likeness (QED) is 0.0182. The minimum Gasteiger partial charge on any atom is -0.322 e. The fourth-order valence-corrected chi connectivity index (χ4v) is 12.2. The molecule has 15 nitrogen and oxygen atoms in total. The van der Waals surface area contributed by atoms with Gasteiger partial charge in [0.05, 0.1) is 68.3 Å². The second kappa shape index (κ2) is 29.0. The molecule has 2 heterocycles. The molecule has 0 bridgehead atoms. The lowest BCUT2D eigenvalue weighted by molar-refractivity contribution is -0.120. The topological polar surface area (TPSA) is 206 Å². The molecule has 22 heteroatoms. The molecular formula is C54H66Cl5N7O8S2. The van der Waals surface area contributed by atoms with Crippen molar-refractivity contribution < 1.29 is 31.2 Å². The van der Waals surface area contributed by atoms with Crippen molar-refractivity contribution in [2.75, 3.05) is 28.6 Å². The van der Waals surface area contributed by atoms with Gasteiger partial charge in [-0.3, -0.25) is 28.8 Å². The Morgan fingerprint density at radius 1 is 0.566 bits per heavy atom. The van der Waals surface area contributed by atoms with Crippen molar-refractivity contribution >= 4 is 118 Å². The number of fused-ring (bicyclic) bond motifs is 2. The van der Waals surface area contributed by atoms with Crippen LogP contribution in [0.15, 0.2) is 81.3 Å². The highest BCUT2D eigenvalue weighted by Crippen LogP contribution is 2.38. The van der Waals surface area contributed by atoms with Crippen LogP contribution >= 0.6 is 58.0 Å². The number of rotatable bonds is 32. The van der Waals surface area contributed by atoms with Gasteiger partial charge < -0.3 is 10.7 Å². The van der Waals surface area contributed by atoms with Gasteiger partial charge in [-0.25, -0.2) is 31.2 Å². The summed E-state index contributed by atoms with van der Waals surface area (Å²) in [5.41, 5.74) is 1.51. The molecule has 0 spiro atoms. The van der Waals surface area contributed by atoms with E-state index in [1.807, 2.05) is 0 Å². The number of hydrogen-bond donors (Lipinski definition) is 4. The van der Waals surface area contributed by atoms with Crippen molar-refractivity contribution in [1.82, 2.24) is 19.3 Å². The highest BCUT2D eigenvalue weighted by molar-refractivity contribution is 7.92. The monoisotopic (exact) mass is 1180 g/mol. The molecule has 4 aromatic carbocycles. The number of amides is 3. The maximum absolute atomic E-state index is 15.1. The molecule has 1 aliphatic rings. The first-order chi connectivity index (χ1) is 36.4. The molecular weight excluding hydrogens is 1120 g/mol. The van der Waals surface area contributed by atoms with Crippen LogP contribution in [-0.4, -0.2) is 62.2 Å². The lowest BCUT2D eigenvalue weighted by Crippen LogP contribution is -2.46. The Hall–Kier alpha value is -4.46. The number of aromatic nitrogens is 2. The van der Waals surface area contributed by atoms with Gasteiger partial charge in [-0.1, -0.05) is 200 Å². The maximum Gasteiger partial charge on any atom is 0.280 e. The van der Waals surface area contributed by atoms with Gasteiger partial charge in [0.15, 0.2) is 11.9 Å². The van der Waals surface area contributed by atoms with Crippen LogP contribution in [-0.2, 0) is 24.8 Å². The van der Waals surface area contributed by atoms with E-state index >= 15 is 4.79 Å². The van der Waals surface area contributed by atoms with Gasteiger partial charge in [0.2, 0.25) is 10.0 Å². The molecule has 0 fully saturated rings. The molecule has 0 radical (unpaired) electrons. The molecule has 1 atom stereocenters. The van der Waals surface area contributed by atoms with E-state index < -0.39 is 60.1 Å². The summed E-state index contributed by atoms with van der Waals surface area (Å²) in [4.78, 5) is 62.9. The Morgan fingerprint density at radius 3 is 1.58 bits per heavy atom. The van der Waals surface area contributed by atoms with E-state index in [1.54, 1.807) is 12.1 Å². The summed E-state index contributed by atoms with van der Waals surface area (Å²) in [5, 5.41) is 1.79. The Bertz CT molecular complexity index is 3130. The molecule has 0 saturated heterocycles. The first-order valence-corrected chi connectivity index (χ1v) is 31.0. The second-order valence-electron chi connectivity index (χ2n) is 19.0. The molecule has 4 N–H and O–H groups in total. The van der Waals surface area contributed by atoms with Crippen molar-refractivity contribution in [3.05, 3.63) is 119 Å². The van der Waals surface area contributed by atoms with Gasteiger partial charge in [-0.2, -0.15) is 0 Å². The van der Waals surface area contributed by atoms with E-state index in [-0.39, 0.29) is 76.5 Å². The van der Waals surface area contributed by atoms with Crippen molar-refractivity contribution in [3.8, 4) is 0 Å². The first-order valence-electron chi connectivity index (χ1n) is 26.1. The fourth-order valence-electron chi connectivity index (χ4n) is 9.00. The summed E-state index contributed by atoms with van der Waals surface area (Å²) in [6.45, 7) is 4.77. The molecule has 3 amide bonds. The standard InChI is InChI=1S/C54H66Cl5N7O8S2/c1-3-5-7-9-11-13-15-17-19-23-31-60-66-50(63-48-40(54(66)70)35-43(57)46(58)47(48)59)49(65-52(68)38-25-21-22-26-39(38)53(65)69)51(67)62-44-33-37(28-29-41(44)55)76(73,74)64-45-34-36(27-30-42(45)56)75(71,72)61-32-24-20-18-16-14-12-10-8-6-4-2/h21-22,25-30,33-35,49,60-61,64H,3-20,23-24,31-32H2,1-2H3,(H,62,67).